The van der Waals surface area contributed by atoms with Crippen molar-refractivity contribution in [1.29, 1.82) is 5.26 Å². The Morgan fingerprint density at radius 1 is 1.32 bits per heavy atom. The Balaban J connectivity index is 2.02. The van der Waals surface area contributed by atoms with Crippen molar-refractivity contribution in [3.05, 3.63) is 59.9 Å². The number of nitrogens with one attached hydrogen (secondary N) is 1. The lowest BCUT2D eigenvalue weighted by molar-refractivity contribution is 0.629. The fourth-order valence-electron chi connectivity index (χ4n) is 1.76. The first-order valence-electron chi connectivity index (χ1n) is 5.99. The van der Waals surface area contributed by atoms with E-state index in [-0.39, 0.29) is 6.04 Å². The molecule has 0 saturated heterocycles. The fourth-order valence-corrected chi connectivity index (χ4v) is 2.17. The summed E-state index contributed by atoms with van der Waals surface area (Å²) in [6.07, 6.45) is 5.59. The van der Waals surface area contributed by atoms with Gasteiger partial charge in [-0.15, -0.1) is 11.8 Å². The molecule has 0 radical (unpaired) electrons. The third-order valence-corrected chi connectivity index (χ3v) is 3.55. The van der Waals surface area contributed by atoms with Gasteiger partial charge < -0.3 is 0 Å². The molecule has 0 amide bonds. The van der Waals surface area contributed by atoms with Gasteiger partial charge >= 0.3 is 0 Å². The Hall–Kier alpha value is -1.83. The predicted molar refractivity (Wildman–Crippen MR) is 77.7 cm³/mol. The molecule has 1 unspecified atom stereocenters. The molecule has 96 valence electrons. The van der Waals surface area contributed by atoms with Crippen molar-refractivity contribution in [2.24, 2.45) is 0 Å². The molecule has 0 saturated carbocycles. The summed E-state index contributed by atoms with van der Waals surface area (Å²) in [4.78, 5) is 5.26. The van der Waals surface area contributed by atoms with Crippen LogP contribution in [0.5, 0.6) is 0 Å². The second-order valence-electron chi connectivity index (χ2n) is 4.08. The number of hydrogen-bond donors (Lipinski definition) is 1. The van der Waals surface area contributed by atoms with Crippen LogP contribution in [-0.4, -0.2) is 11.2 Å². The first-order valence-corrected chi connectivity index (χ1v) is 7.22. The molecule has 1 N–H and O–H groups in total. The van der Waals surface area contributed by atoms with Gasteiger partial charge in [0, 0.05) is 23.8 Å². The molecular formula is C15H15N3S. The minimum atomic E-state index is -0.295. The van der Waals surface area contributed by atoms with Gasteiger partial charge in [-0.3, -0.25) is 10.3 Å². The van der Waals surface area contributed by atoms with E-state index in [1.807, 2.05) is 42.7 Å². The van der Waals surface area contributed by atoms with Crippen molar-refractivity contribution >= 4 is 11.8 Å². The predicted octanol–water partition coefficient (Wildman–Crippen LogP) is 3.16. The largest absolute Gasteiger partial charge is 0.294 e. The highest BCUT2D eigenvalue weighted by Gasteiger charge is 2.09. The van der Waals surface area contributed by atoms with Crippen LogP contribution in [0.2, 0.25) is 0 Å². The Kier molecular flexibility index (Phi) is 4.96. The van der Waals surface area contributed by atoms with Gasteiger partial charge in [0.2, 0.25) is 0 Å². The van der Waals surface area contributed by atoms with Crippen LogP contribution in [0.15, 0.2) is 53.7 Å². The second-order valence-corrected chi connectivity index (χ2v) is 4.96. The number of rotatable bonds is 5. The van der Waals surface area contributed by atoms with Crippen LogP contribution in [0, 0.1) is 11.3 Å². The van der Waals surface area contributed by atoms with Crippen LogP contribution in [0.4, 0.5) is 0 Å². The lowest BCUT2D eigenvalue weighted by Crippen LogP contribution is -2.19. The van der Waals surface area contributed by atoms with E-state index < -0.39 is 0 Å². The van der Waals surface area contributed by atoms with Crippen LogP contribution in [-0.2, 0) is 6.54 Å². The van der Waals surface area contributed by atoms with Crippen molar-refractivity contribution in [2.75, 3.05) is 6.26 Å². The molecule has 0 fully saturated rings. The van der Waals surface area contributed by atoms with Crippen LogP contribution < -0.4 is 5.32 Å². The Labute approximate surface area is 117 Å². The summed E-state index contributed by atoms with van der Waals surface area (Å²) < 4.78 is 0. The highest BCUT2D eigenvalue weighted by Crippen LogP contribution is 2.19. The summed E-state index contributed by atoms with van der Waals surface area (Å²) >= 11 is 1.70. The maximum atomic E-state index is 9.25. The number of aromatic nitrogens is 1. The lowest BCUT2D eigenvalue weighted by Gasteiger charge is -2.12. The number of nitriles is 1. The molecule has 0 aliphatic rings. The zero-order valence-corrected chi connectivity index (χ0v) is 11.5. The minimum absolute atomic E-state index is 0.295. The van der Waals surface area contributed by atoms with Crippen LogP contribution in [0.25, 0.3) is 0 Å². The molecule has 0 spiro atoms. The Morgan fingerprint density at radius 2 is 2.11 bits per heavy atom. The maximum absolute atomic E-state index is 9.25. The molecule has 19 heavy (non-hydrogen) atoms. The van der Waals surface area contributed by atoms with Crippen LogP contribution >= 0.6 is 11.8 Å². The molecule has 2 rings (SSSR count). The quantitative estimate of drug-likeness (QED) is 0.847. The van der Waals surface area contributed by atoms with Crippen LogP contribution in [0.3, 0.4) is 0 Å². The first-order chi connectivity index (χ1) is 9.33. The third-order valence-electron chi connectivity index (χ3n) is 2.81. The zero-order chi connectivity index (χ0) is 13.5. The molecule has 3 nitrogen and oxygen atoms in total. The summed E-state index contributed by atoms with van der Waals surface area (Å²) in [6.45, 7) is 0.635. The molecule has 2 aromatic rings. The summed E-state index contributed by atoms with van der Waals surface area (Å²) in [7, 11) is 0. The summed E-state index contributed by atoms with van der Waals surface area (Å²) in [5.74, 6) is 0. The average molecular weight is 269 g/mol. The van der Waals surface area contributed by atoms with Gasteiger partial charge in [0.1, 0.15) is 6.04 Å². The molecule has 0 aliphatic carbocycles. The molecule has 0 aliphatic heterocycles. The van der Waals surface area contributed by atoms with Crippen molar-refractivity contribution in [2.45, 2.75) is 17.5 Å². The van der Waals surface area contributed by atoms with Gasteiger partial charge in [-0.05, 0) is 35.6 Å². The Morgan fingerprint density at radius 3 is 2.68 bits per heavy atom. The zero-order valence-electron chi connectivity index (χ0n) is 10.7. The van der Waals surface area contributed by atoms with E-state index in [1.165, 1.54) is 4.90 Å². The number of pyridine rings is 1. The van der Waals surface area contributed by atoms with E-state index in [1.54, 1.807) is 24.2 Å². The maximum Gasteiger partial charge on any atom is 0.121 e. The molecular weight excluding hydrogens is 254 g/mol. The van der Waals surface area contributed by atoms with E-state index in [0.29, 0.717) is 6.54 Å². The third kappa shape index (κ3) is 3.82. The van der Waals surface area contributed by atoms with Crippen molar-refractivity contribution in [3.8, 4) is 6.07 Å². The van der Waals surface area contributed by atoms with E-state index in [2.05, 4.69) is 16.4 Å². The SMILES string of the molecule is CSc1ccc(C(C#N)NCc2cccnc2)cc1. The van der Waals surface area contributed by atoms with Crippen LogP contribution in [0.1, 0.15) is 17.2 Å². The topological polar surface area (TPSA) is 48.7 Å². The number of hydrogen-bond acceptors (Lipinski definition) is 4. The molecule has 4 heteroatoms. The summed E-state index contributed by atoms with van der Waals surface area (Å²) in [5, 5.41) is 12.5. The minimum Gasteiger partial charge on any atom is -0.294 e. The van der Waals surface area contributed by atoms with E-state index >= 15 is 0 Å². The van der Waals surface area contributed by atoms with Gasteiger partial charge in [0.25, 0.3) is 0 Å². The van der Waals surface area contributed by atoms with Gasteiger partial charge in [0.05, 0.1) is 6.07 Å². The van der Waals surface area contributed by atoms with Crippen molar-refractivity contribution < 1.29 is 0 Å². The number of thioether (sulfide) groups is 1. The standard InChI is InChI=1S/C15H15N3S/c1-19-14-6-4-13(5-7-14)15(9-16)18-11-12-3-2-8-17-10-12/h2-8,10,15,18H,11H2,1H3. The second kappa shape index (κ2) is 6.93. The van der Waals surface area contributed by atoms with Crippen molar-refractivity contribution in [1.82, 2.24) is 10.3 Å². The molecule has 1 aromatic heterocycles. The molecule has 1 aromatic carbocycles. The Bertz CT molecular complexity index is 546. The van der Waals surface area contributed by atoms with E-state index in [9.17, 15) is 5.26 Å². The number of nitrogens with zero attached hydrogens (tertiary/aromatic N) is 2. The lowest BCUT2D eigenvalue weighted by atomic mass is 10.1. The van der Waals surface area contributed by atoms with Gasteiger partial charge in [-0.25, -0.2) is 0 Å². The summed E-state index contributed by atoms with van der Waals surface area (Å²) in [5.41, 5.74) is 2.06. The molecule has 1 atom stereocenters. The highest BCUT2D eigenvalue weighted by atomic mass is 32.2. The van der Waals surface area contributed by atoms with Gasteiger partial charge in [0.15, 0.2) is 0 Å². The van der Waals surface area contributed by atoms with E-state index in [4.69, 9.17) is 0 Å². The monoisotopic (exact) mass is 269 g/mol. The van der Waals surface area contributed by atoms with E-state index in [0.717, 1.165) is 11.1 Å². The first kappa shape index (κ1) is 13.6. The normalized spacial score (nSPS) is 11.8. The molecule has 0 bridgehead atoms. The molecule has 1 heterocycles. The highest BCUT2D eigenvalue weighted by molar-refractivity contribution is 7.98. The average Bonchev–Trinajstić information content (AvgIpc) is 2.49. The van der Waals surface area contributed by atoms with Crippen molar-refractivity contribution in [3.63, 3.8) is 0 Å². The smallest absolute Gasteiger partial charge is 0.121 e. The number of benzene rings is 1. The fraction of sp³-hybridized carbons (Fsp3) is 0.200. The van der Waals surface area contributed by atoms with Gasteiger partial charge in [-0.1, -0.05) is 18.2 Å². The van der Waals surface area contributed by atoms with Gasteiger partial charge in [-0.2, -0.15) is 5.26 Å². The summed E-state index contributed by atoms with van der Waals surface area (Å²) in [6, 6.07) is 13.9.